The van der Waals surface area contributed by atoms with Crippen LogP contribution in [0.5, 0.6) is 0 Å². The van der Waals surface area contributed by atoms with Crippen LogP contribution in [0, 0.1) is 12.7 Å². The molecule has 17 heavy (non-hydrogen) atoms. The van der Waals surface area contributed by atoms with Crippen LogP contribution < -0.4 is 5.73 Å². The van der Waals surface area contributed by atoms with Gasteiger partial charge in [0.1, 0.15) is 5.82 Å². The third kappa shape index (κ3) is 2.68. The first-order valence-corrected chi connectivity index (χ1v) is 5.89. The minimum absolute atomic E-state index is 0.311. The number of nitrogens with two attached hydrogens (primary N) is 1. The van der Waals surface area contributed by atoms with Crippen molar-refractivity contribution in [1.29, 1.82) is 0 Å². The van der Waals surface area contributed by atoms with E-state index in [4.69, 9.17) is 5.73 Å². The summed E-state index contributed by atoms with van der Waals surface area (Å²) in [6, 6.07) is 6.47. The second-order valence-corrected chi connectivity index (χ2v) is 4.57. The highest BCUT2D eigenvalue weighted by Gasteiger charge is 2.10. The van der Waals surface area contributed by atoms with Crippen LogP contribution in [0.3, 0.4) is 0 Å². The van der Waals surface area contributed by atoms with Crippen LogP contribution in [0.4, 0.5) is 4.39 Å². The summed E-state index contributed by atoms with van der Waals surface area (Å²) in [5.74, 6) is 0.0195. The number of aromatic nitrogens is 2. The lowest BCUT2D eigenvalue weighted by atomic mass is 10.2. The number of rotatable bonds is 2. The average molecular weight is 296 g/mol. The second-order valence-electron chi connectivity index (χ2n) is 3.65. The summed E-state index contributed by atoms with van der Waals surface area (Å²) in [6.45, 7) is 2.15. The zero-order valence-corrected chi connectivity index (χ0v) is 10.8. The van der Waals surface area contributed by atoms with E-state index in [1.807, 2.05) is 6.92 Å². The molecule has 0 fully saturated rings. The molecule has 0 saturated carbocycles. The Morgan fingerprint density at radius 3 is 2.76 bits per heavy atom. The summed E-state index contributed by atoms with van der Waals surface area (Å²) in [5, 5.41) is 0. The molecule has 0 amide bonds. The molecule has 2 rings (SSSR count). The van der Waals surface area contributed by atoms with Crippen LogP contribution in [0.15, 0.2) is 28.7 Å². The van der Waals surface area contributed by atoms with E-state index in [-0.39, 0.29) is 5.82 Å². The number of hydrogen-bond acceptors (Lipinski definition) is 3. The van der Waals surface area contributed by atoms with Gasteiger partial charge in [0, 0.05) is 16.7 Å². The predicted octanol–water partition coefficient (Wildman–Crippen LogP) is 2.81. The van der Waals surface area contributed by atoms with E-state index in [0.29, 0.717) is 23.6 Å². The molecule has 2 N–H and O–H groups in total. The van der Waals surface area contributed by atoms with Crippen LogP contribution in [0.25, 0.3) is 11.4 Å². The van der Waals surface area contributed by atoms with Crippen molar-refractivity contribution in [2.75, 3.05) is 0 Å². The molecule has 5 heteroatoms. The Kier molecular flexibility index (Phi) is 3.49. The Hall–Kier alpha value is -1.33. The van der Waals surface area contributed by atoms with Crippen LogP contribution in [-0.2, 0) is 6.54 Å². The maximum absolute atomic E-state index is 13.7. The molecule has 1 heterocycles. The van der Waals surface area contributed by atoms with Crippen molar-refractivity contribution in [3.05, 3.63) is 45.9 Å². The van der Waals surface area contributed by atoms with E-state index in [0.717, 1.165) is 10.2 Å². The Labute approximate surface area is 107 Å². The summed E-state index contributed by atoms with van der Waals surface area (Å²) in [6.07, 6.45) is 0. The lowest BCUT2D eigenvalue weighted by Crippen LogP contribution is -2.04. The summed E-state index contributed by atoms with van der Waals surface area (Å²) in [4.78, 5) is 8.45. The van der Waals surface area contributed by atoms with Gasteiger partial charge >= 0.3 is 0 Å². The first-order valence-electron chi connectivity index (χ1n) is 5.10. The van der Waals surface area contributed by atoms with Crippen LogP contribution in [-0.4, -0.2) is 9.97 Å². The van der Waals surface area contributed by atoms with E-state index >= 15 is 0 Å². The minimum atomic E-state index is -0.346. The minimum Gasteiger partial charge on any atom is -0.325 e. The molecular weight excluding hydrogens is 285 g/mol. The van der Waals surface area contributed by atoms with Crippen LogP contribution >= 0.6 is 15.9 Å². The molecule has 0 spiro atoms. The maximum atomic E-state index is 13.7. The molecule has 0 radical (unpaired) electrons. The first-order chi connectivity index (χ1) is 8.10. The highest BCUT2D eigenvalue weighted by molar-refractivity contribution is 9.10. The van der Waals surface area contributed by atoms with Crippen molar-refractivity contribution < 1.29 is 4.39 Å². The average Bonchev–Trinajstić information content (AvgIpc) is 2.31. The second kappa shape index (κ2) is 4.89. The van der Waals surface area contributed by atoms with Gasteiger partial charge in [-0.25, -0.2) is 14.4 Å². The fourth-order valence-electron chi connectivity index (χ4n) is 1.53. The molecule has 0 bridgehead atoms. The molecule has 88 valence electrons. The van der Waals surface area contributed by atoms with E-state index in [1.54, 1.807) is 18.2 Å². The van der Waals surface area contributed by atoms with Gasteiger partial charge in [-0.1, -0.05) is 15.9 Å². The topological polar surface area (TPSA) is 51.8 Å². The van der Waals surface area contributed by atoms with Gasteiger partial charge in [-0.3, -0.25) is 0 Å². The van der Waals surface area contributed by atoms with Gasteiger partial charge in [-0.2, -0.15) is 0 Å². The number of nitrogens with zero attached hydrogens (tertiary/aromatic N) is 2. The van der Waals surface area contributed by atoms with Gasteiger partial charge in [0.05, 0.1) is 11.3 Å². The lowest BCUT2D eigenvalue weighted by molar-refractivity contribution is 0.629. The summed E-state index contributed by atoms with van der Waals surface area (Å²) >= 11 is 3.30. The fraction of sp³-hybridized carbons (Fsp3) is 0.167. The number of benzene rings is 1. The van der Waals surface area contributed by atoms with Crippen molar-refractivity contribution in [2.45, 2.75) is 13.5 Å². The Morgan fingerprint density at radius 1 is 1.29 bits per heavy atom. The largest absolute Gasteiger partial charge is 0.325 e. The molecule has 1 aromatic carbocycles. The van der Waals surface area contributed by atoms with Crippen molar-refractivity contribution >= 4 is 15.9 Å². The smallest absolute Gasteiger partial charge is 0.162 e. The van der Waals surface area contributed by atoms with E-state index < -0.39 is 0 Å². The summed E-state index contributed by atoms with van der Waals surface area (Å²) < 4.78 is 14.5. The third-order valence-electron chi connectivity index (χ3n) is 2.29. The molecule has 0 atom stereocenters. The third-order valence-corrected chi connectivity index (χ3v) is 2.78. The zero-order chi connectivity index (χ0) is 12.4. The van der Waals surface area contributed by atoms with Gasteiger partial charge in [-0.15, -0.1) is 0 Å². The van der Waals surface area contributed by atoms with Crippen molar-refractivity contribution in [3.63, 3.8) is 0 Å². The molecule has 3 nitrogen and oxygen atoms in total. The Morgan fingerprint density at radius 2 is 2.06 bits per heavy atom. The highest BCUT2D eigenvalue weighted by atomic mass is 79.9. The van der Waals surface area contributed by atoms with E-state index in [1.165, 1.54) is 6.07 Å². The van der Waals surface area contributed by atoms with E-state index in [2.05, 4.69) is 25.9 Å². The quantitative estimate of drug-likeness (QED) is 0.927. The number of halogens is 2. The maximum Gasteiger partial charge on any atom is 0.162 e. The number of aryl methyl sites for hydroxylation is 1. The summed E-state index contributed by atoms with van der Waals surface area (Å²) in [5.41, 5.74) is 7.39. The SMILES string of the molecule is Cc1cc(CN)nc(-c2cc(Br)ccc2F)n1. The monoisotopic (exact) mass is 295 g/mol. The van der Waals surface area contributed by atoms with Gasteiger partial charge in [0.25, 0.3) is 0 Å². The Balaban J connectivity index is 2.59. The summed E-state index contributed by atoms with van der Waals surface area (Å²) in [7, 11) is 0. The van der Waals surface area contributed by atoms with Crippen LogP contribution in [0.2, 0.25) is 0 Å². The first kappa shape index (κ1) is 12.1. The molecule has 0 aliphatic heterocycles. The number of hydrogen-bond donors (Lipinski definition) is 1. The molecule has 2 aromatic rings. The van der Waals surface area contributed by atoms with Gasteiger partial charge < -0.3 is 5.73 Å². The fourth-order valence-corrected chi connectivity index (χ4v) is 1.89. The normalized spacial score (nSPS) is 10.6. The predicted molar refractivity (Wildman–Crippen MR) is 67.8 cm³/mol. The standard InChI is InChI=1S/C12H11BrFN3/c1-7-4-9(6-15)17-12(16-7)10-5-8(13)2-3-11(10)14/h2-5H,6,15H2,1H3. The molecule has 0 aliphatic rings. The van der Waals surface area contributed by atoms with Gasteiger partial charge in [0.15, 0.2) is 5.82 Å². The molecule has 0 aliphatic carbocycles. The molecule has 1 aromatic heterocycles. The van der Waals surface area contributed by atoms with Crippen molar-refractivity contribution in [1.82, 2.24) is 9.97 Å². The molecule has 0 saturated heterocycles. The van der Waals surface area contributed by atoms with Crippen molar-refractivity contribution in [2.24, 2.45) is 5.73 Å². The van der Waals surface area contributed by atoms with Crippen LogP contribution in [0.1, 0.15) is 11.4 Å². The highest BCUT2D eigenvalue weighted by Crippen LogP contribution is 2.23. The van der Waals surface area contributed by atoms with Gasteiger partial charge in [0.2, 0.25) is 0 Å². The molecular formula is C12H11BrFN3. The Bertz CT molecular complexity index is 557. The van der Waals surface area contributed by atoms with E-state index in [9.17, 15) is 4.39 Å². The zero-order valence-electron chi connectivity index (χ0n) is 9.24. The lowest BCUT2D eigenvalue weighted by Gasteiger charge is -2.06. The molecule has 0 unspecified atom stereocenters. The van der Waals surface area contributed by atoms with Crippen molar-refractivity contribution in [3.8, 4) is 11.4 Å². The van der Waals surface area contributed by atoms with Gasteiger partial charge in [-0.05, 0) is 31.2 Å².